The van der Waals surface area contributed by atoms with Crippen LogP contribution in [-0.4, -0.2) is 21.2 Å². The highest BCUT2D eigenvalue weighted by Crippen LogP contribution is 2.35. The highest BCUT2D eigenvalue weighted by Gasteiger charge is 2.15. The maximum absolute atomic E-state index is 11.0. The fraction of sp³-hybridized carbons (Fsp3) is 0.217. The first-order chi connectivity index (χ1) is 13.7. The van der Waals surface area contributed by atoms with Gasteiger partial charge in [0.1, 0.15) is 11.5 Å². The van der Waals surface area contributed by atoms with Crippen molar-refractivity contribution < 1.29 is 24.2 Å². The number of hydrogen-bond donors (Lipinski definition) is 3. The number of ether oxygens (including phenoxy) is 1. The molecule has 0 aliphatic rings. The Morgan fingerprint density at radius 1 is 0.862 bits per heavy atom. The van der Waals surface area contributed by atoms with Crippen LogP contribution in [0.1, 0.15) is 33.4 Å². The zero-order chi connectivity index (χ0) is 21.0. The largest absolute Gasteiger partial charge is 0.508 e. The second kappa shape index (κ2) is 8.83. The van der Waals surface area contributed by atoms with Crippen LogP contribution in [-0.2, 0) is 17.4 Å². The average molecular weight is 412 g/mol. The van der Waals surface area contributed by atoms with Crippen LogP contribution in [0.25, 0.3) is 0 Å². The number of phenolic OH excluding ortho intramolecular Hbond substituents is 1. The molecular weight excluding hydrogens is 387 g/mol. The summed E-state index contributed by atoms with van der Waals surface area (Å²) in [7, 11) is -4.21. The lowest BCUT2D eigenvalue weighted by Gasteiger charge is -2.15. The van der Waals surface area contributed by atoms with Gasteiger partial charge in [-0.3, -0.25) is 4.57 Å². The third-order valence-electron chi connectivity index (χ3n) is 4.83. The maximum Gasteiger partial charge on any atom is 0.362 e. The van der Waals surface area contributed by atoms with Gasteiger partial charge in [0.25, 0.3) is 0 Å². The van der Waals surface area contributed by atoms with E-state index < -0.39 is 13.9 Å². The van der Waals surface area contributed by atoms with E-state index in [1.807, 2.05) is 56.3 Å². The molecule has 0 aliphatic heterocycles. The van der Waals surface area contributed by atoms with Crippen molar-refractivity contribution in [1.29, 1.82) is 0 Å². The van der Waals surface area contributed by atoms with Gasteiger partial charge in [0.2, 0.25) is 0 Å². The van der Waals surface area contributed by atoms with Gasteiger partial charge >= 0.3 is 7.60 Å². The van der Waals surface area contributed by atoms with Gasteiger partial charge in [-0.25, -0.2) is 0 Å². The van der Waals surface area contributed by atoms with Crippen LogP contribution >= 0.6 is 7.60 Å². The third-order valence-corrected chi connectivity index (χ3v) is 5.30. The Labute approximate surface area is 170 Å². The Morgan fingerprint density at radius 2 is 1.52 bits per heavy atom. The van der Waals surface area contributed by atoms with Gasteiger partial charge in [0.15, 0.2) is 6.35 Å². The highest BCUT2D eigenvalue weighted by atomic mass is 31.2. The van der Waals surface area contributed by atoms with Gasteiger partial charge in [0, 0.05) is 6.42 Å². The van der Waals surface area contributed by atoms with Gasteiger partial charge < -0.3 is 19.6 Å². The van der Waals surface area contributed by atoms with Crippen molar-refractivity contribution in [1.82, 2.24) is 0 Å². The Balaban J connectivity index is 1.81. The molecule has 0 saturated carbocycles. The summed E-state index contributed by atoms with van der Waals surface area (Å²) < 4.78 is 16.3. The number of hydrogen-bond acceptors (Lipinski definition) is 3. The summed E-state index contributed by atoms with van der Waals surface area (Å²) in [4.78, 5) is 18.0. The molecule has 152 valence electrons. The van der Waals surface area contributed by atoms with Crippen molar-refractivity contribution in [2.24, 2.45) is 0 Å². The molecule has 5 nitrogen and oxygen atoms in total. The van der Waals surface area contributed by atoms with E-state index in [1.54, 1.807) is 18.2 Å². The van der Waals surface area contributed by atoms with Crippen molar-refractivity contribution in [3.8, 4) is 11.5 Å². The topological polar surface area (TPSA) is 87.0 Å². The van der Waals surface area contributed by atoms with E-state index in [-0.39, 0.29) is 5.75 Å². The molecule has 0 amide bonds. The first kappa shape index (κ1) is 21.1. The number of phenols is 1. The lowest BCUT2D eigenvalue weighted by atomic mass is 9.93. The van der Waals surface area contributed by atoms with Crippen molar-refractivity contribution in [2.75, 3.05) is 6.35 Å². The zero-order valence-corrected chi connectivity index (χ0v) is 17.4. The van der Waals surface area contributed by atoms with Crippen LogP contribution in [0, 0.1) is 13.8 Å². The quantitative estimate of drug-likeness (QED) is 0.490. The van der Waals surface area contributed by atoms with Gasteiger partial charge in [-0.05, 0) is 71.8 Å². The Kier molecular flexibility index (Phi) is 6.43. The Hall–Kier alpha value is -2.59. The van der Waals surface area contributed by atoms with Crippen molar-refractivity contribution in [2.45, 2.75) is 26.7 Å². The molecule has 0 aliphatic carbocycles. The van der Waals surface area contributed by atoms with Crippen LogP contribution in [0.3, 0.4) is 0 Å². The standard InChI is InChI=1S/C23H25O5P/c1-16-10-21(28-15-29(25,26)27)11-17(2)22(16)14-19-8-9-23(24)20(13-19)12-18-6-4-3-5-7-18/h3-11,13,24H,12,14-15H2,1-2H3,(H2,25,26,27). The van der Waals surface area contributed by atoms with E-state index in [9.17, 15) is 9.67 Å². The second-order valence-corrected chi connectivity index (χ2v) is 8.86. The molecule has 0 spiro atoms. The lowest BCUT2D eigenvalue weighted by molar-refractivity contribution is 0.300. The summed E-state index contributed by atoms with van der Waals surface area (Å²) in [5, 5.41) is 10.3. The molecule has 0 unspecified atom stereocenters. The molecule has 3 aromatic rings. The molecule has 29 heavy (non-hydrogen) atoms. The minimum absolute atomic E-state index is 0.284. The summed E-state index contributed by atoms with van der Waals surface area (Å²) in [5.41, 5.74) is 6.21. The van der Waals surface area contributed by atoms with Crippen LogP contribution in [0.4, 0.5) is 0 Å². The van der Waals surface area contributed by atoms with Crippen LogP contribution in [0.2, 0.25) is 0 Å². The van der Waals surface area contributed by atoms with Crippen molar-refractivity contribution >= 4 is 7.60 Å². The van der Waals surface area contributed by atoms with E-state index in [2.05, 4.69) is 0 Å². The Bertz CT molecular complexity index is 1020. The molecule has 0 bridgehead atoms. The van der Waals surface area contributed by atoms with Gasteiger partial charge in [-0.2, -0.15) is 0 Å². The first-order valence-electron chi connectivity index (χ1n) is 9.33. The molecule has 3 rings (SSSR count). The van der Waals surface area contributed by atoms with E-state index in [0.717, 1.165) is 33.4 Å². The molecular formula is C23H25O5P. The second-order valence-electron chi connectivity index (χ2n) is 7.28. The fourth-order valence-corrected chi connectivity index (χ4v) is 3.70. The van der Waals surface area contributed by atoms with Crippen molar-refractivity contribution in [3.63, 3.8) is 0 Å². The molecule has 0 saturated heterocycles. The maximum atomic E-state index is 11.0. The third kappa shape index (κ3) is 5.94. The SMILES string of the molecule is Cc1cc(OCP(=O)(O)O)cc(C)c1Cc1ccc(O)c(Cc2ccccc2)c1. The van der Waals surface area contributed by atoms with Gasteiger partial charge in [-0.15, -0.1) is 0 Å². The summed E-state index contributed by atoms with van der Waals surface area (Å²) >= 11 is 0. The smallest absolute Gasteiger partial charge is 0.362 e. The van der Waals surface area contributed by atoms with E-state index in [0.29, 0.717) is 18.6 Å². The molecule has 0 aromatic heterocycles. The average Bonchev–Trinajstić information content (AvgIpc) is 2.66. The predicted molar refractivity (Wildman–Crippen MR) is 114 cm³/mol. The summed E-state index contributed by atoms with van der Waals surface area (Å²) in [6, 6.07) is 19.3. The number of aryl methyl sites for hydroxylation is 2. The van der Waals surface area contributed by atoms with Gasteiger partial charge in [0.05, 0.1) is 0 Å². The fourth-order valence-electron chi connectivity index (χ4n) is 3.38. The zero-order valence-electron chi connectivity index (χ0n) is 16.5. The summed E-state index contributed by atoms with van der Waals surface area (Å²) in [5.74, 6) is 0.731. The normalized spacial score (nSPS) is 11.4. The molecule has 0 atom stereocenters. The Morgan fingerprint density at radius 3 is 2.14 bits per heavy atom. The number of rotatable bonds is 7. The van der Waals surface area contributed by atoms with Crippen LogP contribution in [0.5, 0.6) is 11.5 Å². The van der Waals surface area contributed by atoms with E-state index >= 15 is 0 Å². The first-order valence-corrected chi connectivity index (χ1v) is 11.1. The summed E-state index contributed by atoms with van der Waals surface area (Å²) in [6.07, 6.45) is 0.720. The molecule has 0 fully saturated rings. The van der Waals surface area contributed by atoms with Gasteiger partial charge in [-0.1, -0.05) is 42.5 Å². The lowest BCUT2D eigenvalue weighted by Crippen LogP contribution is -2.02. The summed E-state index contributed by atoms with van der Waals surface area (Å²) in [6.45, 7) is 3.91. The predicted octanol–water partition coefficient (Wildman–Crippen LogP) is 4.70. The van der Waals surface area contributed by atoms with Crippen LogP contribution in [0.15, 0.2) is 60.7 Å². The molecule has 0 heterocycles. The molecule has 3 aromatic carbocycles. The number of aromatic hydroxyl groups is 1. The molecule has 3 N–H and O–H groups in total. The van der Waals surface area contributed by atoms with Crippen LogP contribution < -0.4 is 4.74 Å². The molecule has 6 heteroatoms. The minimum Gasteiger partial charge on any atom is -0.508 e. The van der Waals surface area contributed by atoms with E-state index in [1.165, 1.54) is 0 Å². The molecule has 0 radical (unpaired) electrons. The monoisotopic (exact) mass is 412 g/mol. The van der Waals surface area contributed by atoms with E-state index in [4.69, 9.17) is 14.5 Å². The minimum atomic E-state index is -4.21. The highest BCUT2D eigenvalue weighted by molar-refractivity contribution is 7.51. The number of benzene rings is 3. The van der Waals surface area contributed by atoms with Crippen molar-refractivity contribution in [3.05, 3.63) is 94.0 Å².